The molecule has 82 valence electrons. The minimum absolute atomic E-state index is 0.319. The fraction of sp³-hybridized carbons (Fsp3) is 0.700. The molecule has 0 amide bonds. The highest BCUT2D eigenvalue weighted by Crippen LogP contribution is 2.21. The lowest BCUT2D eigenvalue weighted by molar-refractivity contribution is -0.530. The molecule has 1 aliphatic rings. The van der Waals surface area contributed by atoms with Crippen LogP contribution in [0, 0.1) is 27.9 Å². The predicted octanol–water partition coefficient (Wildman–Crippen LogP) is 0.998. The maximum atomic E-state index is 11.4. The van der Waals surface area contributed by atoms with Gasteiger partial charge in [0.25, 0.3) is 0 Å². The van der Waals surface area contributed by atoms with Crippen molar-refractivity contribution in [1.29, 1.82) is 0 Å². The zero-order chi connectivity index (χ0) is 11.3. The highest BCUT2D eigenvalue weighted by Gasteiger charge is 2.37. The van der Waals surface area contributed by atoms with Crippen LogP contribution in [-0.2, 0) is 9.53 Å². The summed E-state index contributed by atoms with van der Waals surface area (Å²) in [5.74, 6) is 4.57. The summed E-state index contributed by atoms with van der Waals surface area (Å²) in [5, 5.41) is 10.8. The molecule has 0 bridgehead atoms. The molecule has 2 atom stereocenters. The van der Waals surface area contributed by atoms with E-state index in [0.717, 1.165) is 0 Å². The number of esters is 1. The number of rotatable bonds is 2. The molecule has 0 saturated heterocycles. The molecule has 0 saturated carbocycles. The van der Waals surface area contributed by atoms with Crippen LogP contribution in [0.1, 0.15) is 25.7 Å². The van der Waals surface area contributed by atoms with Gasteiger partial charge >= 0.3 is 5.97 Å². The molecule has 0 aliphatic heterocycles. The zero-order valence-electron chi connectivity index (χ0n) is 8.56. The van der Waals surface area contributed by atoms with Gasteiger partial charge in [0.05, 0.1) is 7.11 Å². The first-order valence-electron chi connectivity index (χ1n) is 4.84. The maximum Gasteiger partial charge on any atom is 0.315 e. The van der Waals surface area contributed by atoms with Gasteiger partial charge in [-0.05, 0) is 6.42 Å². The number of carbonyl (C=O) groups is 1. The molecule has 15 heavy (non-hydrogen) atoms. The van der Waals surface area contributed by atoms with Crippen molar-refractivity contribution >= 4 is 5.97 Å². The summed E-state index contributed by atoms with van der Waals surface area (Å²) in [6, 6.07) is -0.855. The Hall–Kier alpha value is -1.57. The van der Waals surface area contributed by atoms with Crippen molar-refractivity contribution in [3.05, 3.63) is 10.1 Å². The van der Waals surface area contributed by atoms with E-state index in [1.807, 2.05) is 0 Å². The van der Waals surface area contributed by atoms with Crippen molar-refractivity contribution in [3.8, 4) is 11.8 Å². The molecule has 0 aromatic heterocycles. The van der Waals surface area contributed by atoms with E-state index in [-0.39, 0.29) is 0 Å². The van der Waals surface area contributed by atoms with Crippen LogP contribution in [0.4, 0.5) is 0 Å². The Balaban J connectivity index is 2.82. The Morgan fingerprint density at radius 2 is 2.00 bits per heavy atom. The second kappa shape index (κ2) is 5.35. The third-order valence-electron chi connectivity index (χ3n) is 2.51. The first kappa shape index (κ1) is 11.5. The van der Waals surface area contributed by atoms with Crippen LogP contribution in [0.3, 0.4) is 0 Å². The molecular formula is C10H13NO4. The lowest BCUT2D eigenvalue weighted by Crippen LogP contribution is -2.35. The van der Waals surface area contributed by atoms with Gasteiger partial charge in [0, 0.05) is 24.2 Å². The fourth-order valence-electron chi connectivity index (χ4n) is 1.70. The molecule has 5 heteroatoms. The topological polar surface area (TPSA) is 69.4 Å². The van der Waals surface area contributed by atoms with Crippen LogP contribution in [-0.4, -0.2) is 24.0 Å². The van der Waals surface area contributed by atoms with Crippen molar-refractivity contribution in [2.45, 2.75) is 31.7 Å². The van der Waals surface area contributed by atoms with Gasteiger partial charge < -0.3 is 4.74 Å². The number of ether oxygens (including phenoxy) is 1. The number of hydrogen-bond donors (Lipinski definition) is 0. The summed E-state index contributed by atoms with van der Waals surface area (Å²) < 4.78 is 4.57. The number of hydrogen-bond acceptors (Lipinski definition) is 4. The van der Waals surface area contributed by atoms with Crippen LogP contribution in [0.5, 0.6) is 0 Å². The van der Waals surface area contributed by atoms with Gasteiger partial charge in [-0.15, -0.1) is 11.8 Å². The van der Waals surface area contributed by atoms with Gasteiger partial charge in [0.2, 0.25) is 6.04 Å². The molecule has 0 spiro atoms. The van der Waals surface area contributed by atoms with Gasteiger partial charge in [-0.2, -0.15) is 0 Å². The minimum Gasteiger partial charge on any atom is -0.469 e. The quantitative estimate of drug-likeness (QED) is 0.295. The first-order chi connectivity index (χ1) is 7.16. The number of carbonyl (C=O) groups excluding carboxylic acids is 1. The Morgan fingerprint density at radius 3 is 2.53 bits per heavy atom. The average molecular weight is 211 g/mol. The largest absolute Gasteiger partial charge is 0.469 e. The summed E-state index contributed by atoms with van der Waals surface area (Å²) in [7, 11) is 1.25. The lowest BCUT2D eigenvalue weighted by Gasteiger charge is -2.18. The molecule has 0 radical (unpaired) electrons. The molecule has 2 unspecified atom stereocenters. The highest BCUT2D eigenvalue weighted by molar-refractivity contribution is 5.73. The van der Waals surface area contributed by atoms with E-state index in [9.17, 15) is 14.9 Å². The molecular weight excluding hydrogens is 198 g/mol. The van der Waals surface area contributed by atoms with E-state index in [0.29, 0.717) is 25.7 Å². The van der Waals surface area contributed by atoms with E-state index in [2.05, 4.69) is 16.6 Å². The lowest BCUT2D eigenvalue weighted by atomic mass is 9.90. The van der Waals surface area contributed by atoms with Crippen molar-refractivity contribution in [2.24, 2.45) is 5.92 Å². The molecule has 0 N–H and O–H groups in total. The Bertz CT molecular complexity index is 315. The van der Waals surface area contributed by atoms with E-state index in [1.165, 1.54) is 7.11 Å². The van der Waals surface area contributed by atoms with Gasteiger partial charge in [-0.3, -0.25) is 14.9 Å². The molecule has 0 fully saturated rings. The van der Waals surface area contributed by atoms with E-state index < -0.39 is 22.9 Å². The predicted molar refractivity (Wildman–Crippen MR) is 52.5 cm³/mol. The van der Waals surface area contributed by atoms with Crippen LogP contribution < -0.4 is 0 Å². The van der Waals surface area contributed by atoms with Crippen LogP contribution in [0.2, 0.25) is 0 Å². The van der Waals surface area contributed by atoms with Gasteiger partial charge in [-0.25, -0.2) is 0 Å². The Morgan fingerprint density at radius 1 is 1.40 bits per heavy atom. The normalized spacial score (nSPS) is 25.4. The number of nitro groups is 1. The van der Waals surface area contributed by atoms with Crippen LogP contribution in [0.25, 0.3) is 0 Å². The molecule has 0 aromatic rings. The zero-order valence-corrected chi connectivity index (χ0v) is 8.56. The number of nitrogens with zero attached hydrogens (tertiary/aromatic N) is 1. The number of methoxy groups -OCH3 is 1. The third-order valence-corrected chi connectivity index (χ3v) is 2.51. The third kappa shape index (κ3) is 2.94. The molecule has 5 nitrogen and oxygen atoms in total. The molecule has 0 aromatic carbocycles. The summed E-state index contributed by atoms with van der Waals surface area (Å²) in [4.78, 5) is 21.8. The molecule has 0 heterocycles. The maximum absolute atomic E-state index is 11.4. The standard InChI is InChI=1S/C10H13NO4/c1-15-10(12)8-6-4-2-3-5-7-9(8)11(13)14/h8-9H,4-7H2,1H3. The van der Waals surface area contributed by atoms with E-state index in [4.69, 9.17) is 0 Å². The van der Waals surface area contributed by atoms with Crippen molar-refractivity contribution < 1.29 is 14.5 Å². The highest BCUT2D eigenvalue weighted by atomic mass is 16.6. The second-order valence-corrected chi connectivity index (χ2v) is 3.41. The van der Waals surface area contributed by atoms with Crippen LogP contribution in [0.15, 0.2) is 0 Å². The van der Waals surface area contributed by atoms with Crippen molar-refractivity contribution in [1.82, 2.24) is 0 Å². The minimum atomic E-state index is -0.855. The van der Waals surface area contributed by atoms with E-state index >= 15 is 0 Å². The summed E-state index contributed by atoms with van der Waals surface area (Å²) in [6.45, 7) is 0. The van der Waals surface area contributed by atoms with Crippen molar-refractivity contribution in [3.63, 3.8) is 0 Å². The van der Waals surface area contributed by atoms with E-state index in [1.54, 1.807) is 0 Å². The van der Waals surface area contributed by atoms with Gasteiger partial charge in [-0.1, -0.05) is 0 Å². The van der Waals surface area contributed by atoms with Crippen molar-refractivity contribution in [2.75, 3.05) is 7.11 Å². The monoisotopic (exact) mass is 211 g/mol. The smallest absolute Gasteiger partial charge is 0.315 e. The summed E-state index contributed by atoms with van der Waals surface area (Å²) in [6.07, 6.45) is 1.72. The first-order valence-corrected chi connectivity index (χ1v) is 4.84. The SMILES string of the molecule is COC(=O)C1CCC#CCCC1[N+](=O)[O-]. The Kier molecular flexibility index (Phi) is 4.10. The summed E-state index contributed by atoms with van der Waals surface area (Å²) in [5.41, 5.74) is 0. The van der Waals surface area contributed by atoms with Gasteiger partial charge in [0.15, 0.2) is 0 Å². The molecule has 1 rings (SSSR count). The second-order valence-electron chi connectivity index (χ2n) is 3.41. The molecule has 1 aliphatic carbocycles. The summed E-state index contributed by atoms with van der Waals surface area (Å²) >= 11 is 0. The van der Waals surface area contributed by atoms with Crippen LogP contribution >= 0.6 is 0 Å². The fourth-order valence-corrected chi connectivity index (χ4v) is 1.70. The average Bonchev–Trinajstić information content (AvgIpc) is 2.16. The Labute approximate surface area is 87.9 Å². The van der Waals surface area contributed by atoms with Gasteiger partial charge in [0.1, 0.15) is 5.92 Å².